The molecule has 98 valence electrons. The number of barbiturate groups is 1. The van der Waals surface area contributed by atoms with Gasteiger partial charge in [0.2, 0.25) is 0 Å². The second-order valence-electron chi connectivity index (χ2n) is 4.05. The Morgan fingerprint density at radius 2 is 1.56 bits per heavy atom. The van der Waals surface area contributed by atoms with E-state index in [1.807, 2.05) is 0 Å². The van der Waals surface area contributed by atoms with Gasteiger partial charge in [-0.05, 0) is 6.08 Å². The Hall–Kier alpha value is -2.31. The van der Waals surface area contributed by atoms with E-state index in [1.54, 1.807) is 19.0 Å². The minimum Gasteiger partial charge on any atom is -0.507 e. The highest BCUT2D eigenvalue weighted by molar-refractivity contribution is 6.28. The summed E-state index contributed by atoms with van der Waals surface area (Å²) in [6, 6.07) is -0.724. The van der Waals surface area contributed by atoms with Crippen LogP contribution < -0.4 is 0 Å². The number of nitrogens with zero attached hydrogens (tertiary/aromatic N) is 3. The van der Waals surface area contributed by atoms with E-state index in [0.29, 0.717) is 0 Å². The Balaban J connectivity index is 3.21. The predicted molar refractivity (Wildman–Crippen MR) is 63.4 cm³/mol. The zero-order valence-electron chi connectivity index (χ0n) is 10.7. The van der Waals surface area contributed by atoms with Crippen LogP contribution in [0.5, 0.6) is 0 Å². The van der Waals surface area contributed by atoms with Crippen LogP contribution in [0, 0.1) is 0 Å². The van der Waals surface area contributed by atoms with Crippen molar-refractivity contribution in [3.63, 3.8) is 0 Å². The number of likely N-dealkylation sites (N-methyl/N-ethyl adjacent to an activating group) is 2. The highest BCUT2D eigenvalue weighted by Gasteiger charge is 2.39. The van der Waals surface area contributed by atoms with Crippen molar-refractivity contribution >= 4 is 17.8 Å². The molecule has 1 aliphatic rings. The van der Waals surface area contributed by atoms with Crippen molar-refractivity contribution in [2.45, 2.75) is 0 Å². The van der Waals surface area contributed by atoms with E-state index < -0.39 is 29.2 Å². The van der Waals surface area contributed by atoms with Crippen molar-refractivity contribution in [1.29, 1.82) is 0 Å². The molecule has 0 aromatic carbocycles. The molecule has 0 unspecified atom stereocenters. The summed E-state index contributed by atoms with van der Waals surface area (Å²) in [5, 5.41) is 9.75. The molecule has 4 amide bonds. The lowest BCUT2D eigenvalue weighted by molar-refractivity contribution is -0.134. The maximum atomic E-state index is 11.8. The van der Waals surface area contributed by atoms with Crippen LogP contribution in [0.4, 0.5) is 4.79 Å². The second-order valence-corrected chi connectivity index (χ2v) is 4.05. The minimum absolute atomic E-state index is 0.419. The fourth-order valence-electron chi connectivity index (χ4n) is 1.35. The van der Waals surface area contributed by atoms with Crippen molar-refractivity contribution in [2.75, 3.05) is 28.2 Å². The molecular weight excluding hydrogens is 238 g/mol. The third-order valence-electron chi connectivity index (χ3n) is 2.40. The molecule has 1 aliphatic heterocycles. The Bertz CT molecular complexity index is 439. The molecule has 1 N–H and O–H groups in total. The van der Waals surface area contributed by atoms with Gasteiger partial charge in [0.1, 0.15) is 11.3 Å². The van der Waals surface area contributed by atoms with E-state index in [1.165, 1.54) is 26.4 Å². The highest BCUT2D eigenvalue weighted by atomic mass is 16.3. The maximum absolute atomic E-state index is 11.8. The predicted octanol–water partition coefficient (Wildman–Crippen LogP) is -0.0758. The van der Waals surface area contributed by atoms with E-state index in [-0.39, 0.29) is 0 Å². The van der Waals surface area contributed by atoms with Crippen molar-refractivity contribution in [1.82, 2.24) is 14.7 Å². The molecular formula is C11H15N3O4. The summed E-state index contributed by atoms with van der Waals surface area (Å²) in [7, 11) is 5.94. The third kappa shape index (κ3) is 2.34. The van der Waals surface area contributed by atoms with Gasteiger partial charge in [-0.1, -0.05) is 0 Å². The Morgan fingerprint density at radius 1 is 1.11 bits per heavy atom. The molecule has 0 aromatic rings. The molecule has 18 heavy (non-hydrogen) atoms. The summed E-state index contributed by atoms with van der Waals surface area (Å²) in [6.45, 7) is 0. The molecule has 0 aromatic heterocycles. The van der Waals surface area contributed by atoms with E-state index in [2.05, 4.69) is 0 Å². The van der Waals surface area contributed by atoms with E-state index in [0.717, 1.165) is 9.80 Å². The molecule has 1 heterocycles. The van der Waals surface area contributed by atoms with Gasteiger partial charge in [0.05, 0.1) is 0 Å². The van der Waals surface area contributed by atoms with Gasteiger partial charge in [-0.15, -0.1) is 0 Å². The average Bonchev–Trinajstić information content (AvgIpc) is 2.31. The summed E-state index contributed by atoms with van der Waals surface area (Å²) in [5.41, 5.74) is -0.419. The lowest BCUT2D eigenvalue weighted by Gasteiger charge is -2.28. The number of hydrogen-bond acceptors (Lipinski definition) is 5. The highest BCUT2D eigenvalue weighted by Crippen LogP contribution is 2.17. The van der Waals surface area contributed by atoms with Crippen molar-refractivity contribution in [3.05, 3.63) is 23.6 Å². The van der Waals surface area contributed by atoms with Gasteiger partial charge in [-0.25, -0.2) is 4.79 Å². The number of allylic oxidation sites excluding steroid dienone is 1. The van der Waals surface area contributed by atoms with Crippen LogP contribution in [0.2, 0.25) is 0 Å². The normalized spacial score (nSPS) is 16.9. The van der Waals surface area contributed by atoms with Gasteiger partial charge in [-0.3, -0.25) is 19.4 Å². The smallest absolute Gasteiger partial charge is 0.333 e. The Labute approximate surface area is 105 Å². The van der Waals surface area contributed by atoms with Crippen molar-refractivity contribution < 1.29 is 19.5 Å². The molecule has 7 heteroatoms. The first kappa shape index (κ1) is 13.8. The number of imide groups is 2. The molecule has 0 bridgehead atoms. The van der Waals surface area contributed by atoms with Gasteiger partial charge >= 0.3 is 6.03 Å². The number of hydrogen-bond donors (Lipinski definition) is 1. The van der Waals surface area contributed by atoms with E-state index >= 15 is 0 Å². The first-order valence-corrected chi connectivity index (χ1v) is 5.15. The standard InChI is InChI=1S/C11H15N3O4/c1-12(2)6-5-7(15)8-9(16)13(3)11(18)14(4)10(8)17/h5-6,15H,1-4H3/b6-5+. The fraction of sp³-hybridized carbons (Fsp3) is 0.364. The molecule has 1 rings (SSSR count). The zero-order valence-corrected chi connectivity index (χ0v) is 10.7. The van der Waals surface area contributed by atoms with Crippen molar-refractivity contribution in [2.24, 2.45) is 0 Å². The molecule has 0 saturated carbocycles. The Kier molecular flexibility index (Phi) is 3.75. The van der Waals surface area contributed by atoms with Gasteiger partial charge in [0, 0.05) is 34.4 Å². The third-order valence-corrected chi connectivity index (χ3v) is 2.40. The number of aliphatic hydroxyl groups excluding tert-OH is 1. The molecule has 1 saturated heterocycles. The molecule has 7 nitrogen and oxygen atoms in total. The fourth-order valence-corrected chi connectivity index (χ4v) is 1.35. The quantitative estimate of drug-likeness (QED) is 0.423. The molecule has 0 atom stereocenters. The number of rotatable bonds is 2. The van der Waals surface area contributed by atoms with Crippen molar-refractivity contribution in [3.8, 4) is 0 Å². The molecule has 1 fully saturated rings. The van der Waals surface area contributed by atoms with Gasteiger partial charge in [-0.2, -0.15) is 0 Å². The van der Waals surface area contributed by atoms with Crippen LogP contribution in [-0.4, -0.2) is 65.8 Å². The number of amides is 4. The summed E-state index contributed by atoms with van der Waals surface area (Å²) in [4.78, 5) is 38.2. The largest absolute Gasteiger partial charge is 0.507 e. The topological polar surface area (TPSA) is 81.2 Å². The van der Waals surface area contributed by atoms with Gasteiger partial charge in [0.25, 0.3) is 11.8 Å². The average molecular weight is 253 g/mol. The number of carbonyl (C=O) groups excluding carboxylic acids is 3. The Morgan fingerprint density at radius 3 is 1.94 bits per heavy atom. The zero-order chi connectivity index (χ0) is 14.0. The van der Waals surface area contributed by atoms with Crippen LogP contribution in [0.3, 0.4) is 0 Å². The summed E-state index contributed by atoms with van der Waals surface area (Å²) in [5.74, 6) is -2.10. The number of aliphatic hydroxyl groups is 1. The molecule has 0 spiro atoms. The van der Waals surface area contributed by atoms with Gasteiger partial charge in [0.15, 0.2) is 0 Å². The molecule has 0 radical (unpaired) electrons. The van der Waals surface area contributed by atoms with E-state index in [9.17, 15) is 19.5 Å². The first-order chi connectivity index (χ1) is 8.27. The second kappa shape index (κ2) is 4.91. The minimum atomic E-state index is -0.816. The lowest BCUT2D eigenvalue weighted by Crippen LogP contribution is -2.53. The van der Waals surface area contributed by atoms with E-state index in [4.69, 9.17) is 0 Å². The van der Waals surface area contributed by atoms with Crippen LogP contribution in [0.1, 0.15) is 0 Å². The van der Waals surface area contributed by atoms with Crippen LogP contribution in [0.15, 0.2) is 23.6 Å². The van der Waals surface area contributed by atoms with Gasteiger partial charge < -0.3 is 10.0 Å². The molecule has 0 aliphatic carbocycles. The monoisotopic (exact) mass is 253 g/mol. The summed E-state index contributed by atoms with van der Waals surface area (Å²) in [6.07, 6.45) is 2.71. The summed E-state index contributed by atoms with van der Waals surface area (Å²) < 4.78 is 0. The lowest BCUT2D eigenvalue weighted by atomic mass is 10.1. The first-order valence-electron chi connectivity index (χ1n) is 5.15. The van der Waals surface area contributed by atoms with Crippen LogP contribution in [-0.2, 0) is 9.59 Å². The maximum Gasteiger partial charge on any atom is 0.333 e. The summed E-state index contributed by atoms with van der Waals surface area (Å²) >= 11 is 0. The van der Waals surface area contributed by atoms with Crippen LogP contribution >= 0.6 is 0 Å². The number of urea groups is 1. The SMILES string of the molecule is CN(C)/C=C/C(O)=C1C(=O)N(C)C(=O)N(C)C1=O. The number of carbonyl (C=O) groups is 3. The van der Waals surface area contributed by atoms with Crippen LogP contribution in [0.25, 0.3) is 0 Å².